The first-order valence-electron chi connectivity index (χ1n) is 7.77. The third kappa shape index (κ3) is 5.19. The molecule has 0 aliphatic heterocycles. The van der Waals surface area contributed by atoms with Gasteiger partial charge in [-0.05, 0) is 29.3 Å². The van der Waals surface area contributed by atoms with Gasteiger partial charge in [0, 0.05) is 16.3 Å². The summed E-state index contributed by atoms with van der Waals surface area (Å²) in [5, 5.41) is 0. The number of ether oxygens (including phenoxy) is 2. The highest BCUT2D eigenvalue weighted by atomic mass is 32.2. The van der Waals surface area contributed by atoms with Crippen molar-refractivity contribution in [2.75, 3.05) is 20.0 Å². The molecule has 4 nitrogen and oxygen atoms in total. The predicted octanol–water partition coefficient (Wildman–Crippen LogP) is 4.74. The summed E-state index contributed by atoms with van der Waals surface area (Å²) in [7, 11) is 2.69. The second kappa shape index (κ2) is 8.85. The molecule has 0 fully saturated rings. The number of esters is 1. The SMILES string of the molecule is COC=C(C(=O)OC)c1ccccc1CSc1ccc(C(F)(F)F)cc1N. The minimum absolute atomic E-state index is 0.0490. The molecule has 0 radical (unpaired) electrons. The number of halogens is 3. The van der Waals surface area contributed by atoms with Gasteiger partial charge in [-0.2, -0.15) is 13.2 Å². The van der Waals surface area contributed by atoms with Crippen molar-refractivity contribution in [2.45, 2.75) is 16.8 Å². The van der Waals surface area contributed by atoms with Crippen LogP contribution in [0.5, 0.6) is 0 Å². The van der Waals surface area contributed by atoms with Gasteiger partial charge in [0.25, 0.3) is 0 Å². The maximum absolute atomic E-state index is 12.7. The summed E-state index contributed by atoms with van der Waals surface area (Å²) in [6, 6.07) is 10.4. The standard InChI is InChI=1S/C19H18F3NO3S/c1-25-10-15(18(24)26-2)14-6-4-3-5-12(14)11-27-17-8-7-13(9-16(17)23)19(20,21)22/h3-10H,11,23H2,1-2H3. The van der Waals surface area contributed by atoms with Crippen LogP contribution in [0.2, 0.25) is 0 Å². The molecule has 0 saturated carbocycles. The lowest BCUT2D eigenvalue weighted by Gasteiger charge is -2.13. The van der Waals surface area contributed by atoms with Gasteiger partial charge in [0.1, 0.15) is 5.57 Å². The summed E-state index contributed by atoms with van der Waals surface area (Å²) >= 11 is 1.28. The predicted molar refractivity (Wildman–Crippen MR) is 98.9 cm³/mol. The van der Waals surface area contributed by atoms with Crippen molar-refractivity contribution in [3.05, 3.63) is 65.4 Å². The van der Waals surface area contributed by atoms with E-state index in [1.807, 2.05) is 6.07 Å². The fourth-order valence-electron chi connectivity index (χ4n) is 2.37. The third-order valence-corrected chi connectivity index (χ3v) is 4.81. The second-order valence-electron chi connectivity index (χ2n) is 5.45. The summed E-state index contributed by atoms with van der Waals surface area (Å²) < 4.78 is 48.0. The van der Waals surface area contributed by atoms with Crippen LogP contribution in [-0.2, 0) is 26.2 Å². The van der Waals surface area contributed by atoms with Crippen LogP contribution in [0.1, 0.15) is 16.7 Å². The summed E-state index contributed by atoms with van der Waals surface area (Å²) in [6.45, 7) is 0. The van der Waals surface area contributed by atoms with E-state index in [1.54, 1.807) is 18.2 Å². The van der Waals surface area contributed by atoms with Crippen molar-refractivity contribution in [1.82, 2.24) is 0 Å². The van der Waals surface area contributed by atoms with Crippen molar-refractivity contribution in [3.8, 4) is 0 Å². The maximum Gasteiger partial charge on any atom is 0.416 e. The Morgan fingerprint density at radius 1 is 1.19 bits per heavy atom. The molecule has 0 bridgehead atoms. The fourth-order valence-corrected chi connectivity index (χ4v) is 3.32. The summed E-state index contributed by atoms with van der Waals surface area (Å²) in [4.78, 5) is 12.5. The molecule has 2 rings (SSSR count). The van der Waals surface area contributed by atoms with Gasteiger partial charge in [-0.3, -0.25) is 0 Å². The van der Waals surface area contributed by atoms with Gasteiger partial charge < -0.3 is 15.2 Å². The van der Waals surface area contributed by atoms with E-state index in [0.717, 1.165) is 17.7 Å². The van der Waals surface area contributed by atoms with E-state index >= 15 is 0 Å². The maximum atomic E-state index is 12.7. The van der Waals surface area contributed by atoms with E-state index in [-0.39, 0.29) is 11.3 Å². The zero-order valence-corrected chi connectivity index (χ0v) is 15.5. The monoisotopic (exact) mass is 397 g/mol. The van der Waals surface area contributed by atoms with Crippen molar-refractivity contribution in [2.24, 2.45) is 0 Å². The van der Waals surface area contributed by atoms with Gasteiger partial charge in [0.2, 0.25) is 0 Å². The normalized spacial score (nSPS) is 12.0. The number of anilines is 1. The molecule has 0 aromatic heterocycles. The Hall–Kier alpha value is -2.61. The fraction of sp³-hybridized carbons (Fsp3) is 0.211. The average Bonchev–Trinajstić information content (AvgIpc) is 2.64. The van der Waals surface area contributed by atoms with E-state index in [9.17, 15) is 18.0 Å². The number of benzene rings is 2. The second-order valence-corrected chi connectivity index (χ2v) is 6.47. The molecule has 0 aliphatic carbocycles. The number of thioether (sulfide) groups is 1. The summed E-state index contributed by atoms with van der Waals surface area (Å²) in [5.41, 5.74) is 6.68. The Balaban J connectivity index is 2.27. The number of rotatable bonds is 6. The van der Waals surface area contributed by atoms with Crippen molar-refractivity contribution in [3.63, 3.8) is 0 Å². The number of alkyl halides is 3. The van der Waals surface area contributed by atoms with Crippen molar-refractivity contribution >= 4 is 29.0 Å². The minimum atomic E-state index is -4.44. The quantitative estimate of drug-likeness (QED) is 0.251. The number of carbonyl (C=O) groups is 1. The lowest BCUT2D eigenvalue weighted by Crippen LogP contribution is -2.07. The molecule has 27 heavy (non-hydrogen) atoms. The van der Waals surface area contributed by atoms with Crippen LogP contribution in [0.3, 0.4) is 0 Å². The number of nitrogens with two attached hydrogens (primary N) is 1. The molecule has 0 saturated heterocycles. The Kier molecular flexibility index (Phi) is 6.79. The molecular formula is C19H18F3NO3S. The van der Waals surface area contributed by atoms with Crippen LogP contribution >= 0.6 is 11.8 Å². The smallest absolute Gasteiger partial charge is 0.416 e. The Bertz CT molecular complexity index is 850. The minimum Gasteiger partial charge on any atom is -0.503 e. The lowest BCUT2D eigenvalue weighted by atomic mass is 10.0. The molecule has 0 unspecified atom stereocenters. The van der Waals surface area contributed by atoms with Crippen molar-refractivity contribution in [1.29, 1.82) is 0 Å². The highest BCUT2D eigenvalue weighted by molar-refractivity contribution is 7.98. The Morgan fingerprint density at radius 3 is 2.48 bits per heavy atom. The van der Waals surface area contributed by atoms with Gasteiger partial charge in [0.15, 0.2) is 0 Å². The van der Waals surface area contributed by atoms with Crippen LogP contribution in [0.4, 0.5) is 18.9 Å². The van der Waals surface area contributed by atoms with Crippen LogP contribution in [0.15, 0.2) is 53.6 Å². The molecule has 0 aliphatic rings. The van der Waals surface area contributed by atoms with E-state index in [1.165, 1.54) is 38.3 Å². The number of nitrogen functional groups attached to an aromatic ring is 1. The number of methoxy groups -OCH3 is 2. The van der Waals surface area contributed by atoms with Crippen LogP contribution < -0.4 is 5.73 Å². The number of hydrogen-bond donors (Lipinski definition) is 1. The van der Waals surface area contributed by atoms with Crippen molar-refractivity contribution < 1.29 is 27.4 Å². The van der Waals surface area contributed by atoms with Crippen LogP contribution in [0, 0.1) is 0 Å². The Morgan fingerprint density at radius 2 is 1.89 bits per heavy atom. The van der Waals surface area contributed by atoms with E-state index < -0.39 is 17.7 Å². The summed E-state index contributed by atoms with van der Waals surface area (Å²) in [6.07, 6.45) is -3.15. The molecule has 2 aromatic carbocycles. The zero-order chi connectivity index (χ0) is 20.0. The largest absolute Gasteiger partial charge is 0.503 e. The molecular weight excluding hydrogens is 379 g/mol. The first kappa shape index (κ1) is 20.7. The van der Waals surface area contributed by atoms with Gasteiger partial charge >= 0.3 is 12.1 Å². The average molecular weight is 397 g/mol. The number of carbonyl (C=O) groups excluding carboxylic acids is 1. The third-order valence-electron chi connectivity index (χ3n) is 3.67. The highest BCUT2D eigenvalue weighted by Crippen LogP contribution is 2.36. The van der Waals surface area contributed by atoms with Gasteiger partial charge in [0.05, 0.1) is 26.0 Å². The molecule has 0 heterocycles. The van der Waals surface area contributed by atoms with Crippen LogP contribution in [-0.4, -0.2) is 20.2 Å². The molecule has 0 amide bonds. The first-order valence-corrected chi connectivity index (χ1v) is 8.75. The van der Waals surface area contributed by atoms with Gasteiger partial charge in [-0.15, -0.1) is 11.8 Å². The van der Waals surface area contributed by atoms with Crippen LogP contribution in [0.25, 0.3) is 5.57 Å². The van der Waals surface area contributed by atoms with Gasteiger partial charge in [-0.25, -0.2) is 4.79 Å². The van der Waals surface area contributed by atoms with E-state index in [2.05, 4.69) is 0 Å². The first-order chi connectivity index (χ1) is 12.8. The summed E-state index contributed by atoms with van der Waals surface area (Å²) in [5.74, 6) is -0.160. The zero-order valence-electron chi connectivity index (χ0n) is 14.7. The topological polar surface area (TPSA) is 61.5 Å². The molecule has 8 heteroatoms. The molecule has 0 spiro atoms. The van der Waals surface area contributed by atoms with E-state index in [0.29, 0.717) is 16.2 Å². The van der Waals surface area contributed by atoms with E-state index in [4.69, 9.17) is 15.2 Å². The highest BCUT2D eigenvalue weighted by Gasteiger charge is 2.30. The molecule has 2 aromatic rings. The molecule has 2 N–H and O–H groups in total. The number of hydrogen-bond acceptors (Lipinski definition) is 5. The lowest BCUT2D eigenvalue weighted by molar-refractivity contribution is -0.137. The molecule has 0 atom stereocenters. The molecule has 144 valence electrons. The Labute approximate surface area is 159 Å². The van der Waals surface area contributed by atoms with Gasteiger partial charge in [-0.1, -0.05) is 24.3 Å².